The van der Waals surface area contributed by atoms with Crippen molar-refractivity contribution in [2.45, 2.75) is 25.9 Å². The number of anilines is 1. The highest BCUT2D eigenvalue weighted by molar-refractivity contribution is 5.56. The highest BCUT2D eigenvalue weighted by atomic mass is 16.5. The lowest BCUT2D eigenvalue weighted by Crippen LogP contribution is -2.42. The molecule has 0 saturated carbocycles. The van der Waals surface area contributed by atoms with Gasteiger partial charge < -0.3 is 15.4 Å². The summed E-state index contributed by atoms with van der Waals surface area (Å²) in [6.07, 6.45) is 0.968. The Morgan fingerprint density at radius 2 is 1.90 bits per heavy atom. The number of para-hydroxylation sites is 1. The summed E-state index contributed by atoms with van der Waals surface area (Å²) in [4.78, 5) is 2.37. The van der Waals surface area contributed by atoms with Crippen LogP contribution in [-0.2, 0) is 13.0 Å². The van der Waals surface area contributed by atoms with E-state index in [0.29, 0.717) is 6.61 Å². The van der Waals surface area contributed by atoms with Crippen LogP contribution < -0.4 is 15.4 Å². The van der Waals surface area contributed by atoms with Gasteiger partial charge in [0.15, 0.2) is 0 Å². The Kier molecular flexibility index (Phi) is 4.11. The Bertz CT molecular complexity index is 594. The van der Waals surface area contributed by atoms with Gasteiger partial charge in [0.1, 0.15) is 5.75 Å². The van der Waals surface area contributed by atoms with Crippen molar-refractivity contribution in [1.82, 2.24) is 0 Å². The fourth-order valence-corrected chi connectivity index (χ4v) is 2.95. The lowest BCUT2D eigenvalue weighted by atomic mass is 9.98. The third-order valence-electron chi connectivity index (χ3n) is 3.88. The first-order valence-electron chi connectivity index (χ1n) is 7.56. The van der Waals surface area contributed by atoms with Crippen molar-refractivity contribution in [3.8, 4) is 5.75 Å². The molecule has 110 valence electrons. The topological polar surface area (TPSA) is 38.5 Å². The van der Waals surface area contributed by atoms with Crippen LogP contribution in [0.3, 0.4) is 0 Å². The van der Waals surface area contributed by atoms with Crippen LogP contribution in [-0.4, -0.2) is 19.2 Å². The Hall–Kier alpha value is -2.00. The van der Waals surface area contributed by atoms with E-state index in [9.17, 15) is 0 Å². The predicted octanol–water partition coefficient (Wildman–Crippen LogP) is 2.98. The molecule has 0 radical (unpaired) electrons. The summed E-state index contributed by atoms with van der Waals surface area (Å²) in [5, 5.41) is 0. The Morgan fingerprint density at radius 1 is 1.14 bits per heavy atom. The molecular weight excluding hydrogens is 260 g/mol. The monoisotopic (exact) mass is 282 g/mol. The fraction of sp³-hybridized carbons (Fsp3) is 0.333. The molecule has 0 saturated heterocycles. The molecule has 0 aliphatic carbocycles. The van der Waals surface area contributed by atoms with Crippen LogP contribution in [0.25, 0.3) is 0 Å². The van der Waals surface area contributed by atoms with Crippen molar-refractivity contribution in [3.05, 3.63) is 59.7 Å². The zero-order valence-electron chi connectivity index (χ0n) is 12.5. The van der Waals surface area contributed by atoms with E-state index in [1.165, 1.54) is 16.8 Å². The summed E-state index contributed by atoms with van der Waals surface area (Å²) in [7, 11) is 0. The first-order chi connectivity index (χ1) is 10.3. The van der Waals surface area contributed by atoms with Gasteiger partial charge in [0.2, 0.25) is 0 Å². The van der Waals surface area contributed by atoms with Crippen molar-refractivity contribution >= 4 is 5.69 Å². The maximum Gasteiger partial charge on any atom is 0.119 e. The molecule has 0 spiro atoms. The van der Waals surface area contributed by atoms with E-state index in [1.54, 1.807) is 0 Å². The normalized spacial score (nSPS) is 17.4. The van der Waals surface area contributed by atoms with E-state index in [1.807, 2.05) is 19.1 Å². The van der Waals surface area contributed by atoms with Crippen molar-refractivity contribution in [2.75, 3.05) is 18.1 Å². The van der Waals surface area contributed by atoms with Gasteiger partial charge in [-0.15, -0.1) is 0 Å². The van der Waals surface area contributed by atoms with Crippen LogP contribution in [0.2, 0.25) is 0 Å². The number of ether oxygens (including phenoxy) is 1. The van der Waals surface area contributed by atoms with Gasteiger partial charge in [0, 0.05) is 24.8 Å². The molecule has 1 aliphatic heterocycles. The zero-order valence-corrected chi connectivity index (χ0v) is 12.5. The quantitative estimate of drug-likeness (QED) is 0.937. The summed E-state index contributed by atoms with van der Waals surface area (Å²) in [5.74, 6) is 0.928. The smallest absolute Gasteiger partial charge is 0.119 e. The van der Waals surface area contributed by atoms with Gasteiger partial charge in [0.25, 0.3) is 0 Å². The van der Waals surface area contributed by atoms with Gasteiger partial charge in [-0.25, -0.2) is 0 Å². The number of fused-ring (bicyclic) bond motifs is 1. The molecule has 0 amide bonds. The van der Waals surface area contributed by atoms with Crippen LogP contribution in [0.5, 0.6) is 5.75 Å². The third kappa shape index (κ3) is 3.19. The third-order valence-corrected chi connectivity index (χ3v) is 3.88. The van der Waals surface area contributed by atoms with Crippen LogP contribution in [0.1, 0.15) is 18.1 Å². The summed E-state index contributed by atoms with van der Waals surface area (Å²) in [6.45, 7) is 4.50. The highest BCUT2D eigenvalue weighted by Gasteiger charge is 2.21. The van der Waals surface area contributed by atoms with E-state index < -0.39 is 0 Å². The molecule has 1 atom stereocenters. The fourth-order valence-electron chi connectivity index (χ4n) is 2.95. The van der Waals surface area contributed by atoms with Crippen LogP contribution >= 0.6 is 0 Å². The Morgan fingerprint density at radius 3 is 2.67 bits per heavy atom. The van der Waals surface area contributed by atoms with E-state index in [2.05, 4.69) is 41.3 Å². The van der Waals surface area contributed by atoms with E-state index >= 15 is 0 Å². The number of nitrogens with two attached hydrogens (primary N) is 1. The number of benzene rings is 2. The number of hydrogen-bond acceptors (Lipinski definition) is 3. The van der Waals surface area contributed by atoms with Crippen molar-refractivity contribution < 1.29 is 4.74 Å². The van der Waals surface area contributed by atoms with Gasteiger partial charge in [-0.3, -0.25) is 0 Å². The largest absolute Gasteiger partial charge is 0.494 e. The molecule has 0 fully saturated rings. The molecule has 3 rings (SSSR count). The molecule has 2 aromatic carbocycles. The maximum absolute atomic E-state index is 6.20. The Labute approximate surface area is 126 Å². The van der Waals surface area contributed by atoms with Crippen LogP contribution in [0.15, 0.2) is 48.5 Å². The van der Waals surface area contributed by atoms with Crippen molar-refractivity contribution in [3.63, 3.8) is 0 Å². The standard InChI is InChI=1S/C18H22N2O/c1-2-21-17-9-7-14(8-10-17)12-20-13-16(19)11-15-5-3-4-6-18(15)20/h3-10,16H,2,11-13,19H2,1H3. The molecule has 0 bridgehead atoms. The molecule has 3 heteroatoms. The van der Waals surface area contributed by atoms with Crippen LogP contribution in [0.4, 0.5) is 5.69 Å². The molecule has 1 unspecified atom stereocenters. The molecule has 1 heterocycles. The minimum atomic E-state index is 0.211. The molecule has 0 aromatic heterocycles. The number of rotatable bonds is 4. The average Bonchev–Trinajstić information content (AvgIpc) is 2.49. The van der Waals surface area contributed by atoms with Gasteiger partial charge >= 0.3 is 0 Å². The van der Waals surface area contributed by atoms with Gasteiger partial charge in [-0.2, -0.15) is 0 Å². The summed E-state index contributed by atoms with van der Waals surface area (Å²) in [5.41, 5.74) is 10.1. The van der Waals surface area contributed by atoms with E-state index in [4.69, 9.17) is 10.5 Å². The SMILES string of the molecule is CCOc1ccc(CN2CC(N)Cc3ccccc32)cc1. The molecular formula is C18H22N2O. The second-order valence-corrected chi connectivity index (χ2v) is 5.55. The summed E-state index contributed by atoms with van der Waals surface area (Å²) >= 11 is 0. The summed E-state index contributed by atoms with van der Waals surface area (Å²) < 4.78 is 5.49. The summed E-state index contributed by atoms with van der Waals surface area (Å²) in [6, 6.07) is 17.1. The van der Waals surface area contributed by atoms with Crippen molar-refractivity contribution in [1.29, 1.82) is 0 Å². The molecule has 2 aromatic rings. The van der Waals surface area contributed by atoms with E-state index in [0.717, 1.165) is 25.3 Å². The lowest BCUT2D eigenvalue weighted by Gasteiger charge is -2.34. The molecule has 3 nitrogen and oxygen atoms in total. The van der Waals surface area contributed by atoms with Crippen molar-refractivity contribution in [2.24, 2.45) is 5.73 Å². The lowest BCUT2D eigenvalue weighted by molar-refractivity contribution is 0.340. The second-order valence-electron chi connectivity index (χ2n) is 5.55. The second kappa shape index (κ2) is 6.19. The number of nitrogens with zero attached hydrogens (tertiary/aromatic N) is 1. The maximum atomic E-state index is 6.20. The zero-order chi connectivity index (χ0) is 14.7. The van der Waals surface area contributed by atoms with Gasteiger partial charge in [-0.1, -0.05) is 30.3 Å². The first-order valence-corrected chi connectivity index (χ1v) is 7.56. The van der Waals surface area contributed by atoms with Crippen LogP contribution in [0, 0.1) is 0 Å². The first kappa shape index (κ1) is 14.0. The average molecular weight is 282 g/mol. The minimum Gasteiger partial charge on any atom is -0.494 e. The molecule has 21 heavy (non-hydrogen) atoms. The highest BCUT2D eigenvalue weighted by Crippen LogP contribution is 2.28. The Balaban J connectivity index is 1.78. The van der Waals surface area contributed by atoms with Gasteiger partial charge in [0.05, 0.1) is 6.61 Å². The minimum absolute atomic E-state index is 0.211. The molecule has 2 N–H and O–H groups in total. The molecule has 1 aliphatic rings. The van der Waals surface area contributed by atoms with Gasteiger partial charge in [-0.05, 0) is 42.7 Å². The number of hydrogen-bond donors (Lipinski definition) is 1. The van der Waals surface area contributed by atoms with E-state index in [-0.39, 0.29) is 6.04 Å². The predicted molar refractivity (Wildman–Crippen MR) is 86.8 cm³/mol.